The highest BCUT2D eigenvalue weighted by atomic mass is 32.2. The molecule has 0 spiro atoms. The molecule has 1 unspecified atom stereocenters. The van der Waals surface area contributed by atoms with Gasteiger partial charge in [0.2, 0.25) is 5.91 Å². The summed E-state index contributed by atoms with van der Waals surface area (Å²) in [4.78, 5) is 22.6. The van der Waals surface area contributed by atoms with Crippen molar-refractivity contribution in [2.75, 3.05) is 0 Å². The summed E-state index contributed by atoms with van der Waals surface area (Å²) in [6.45, 7) is -0.429. The highest BCUT2D eigenvalue weighted by Crippen LogP contribution is 2.42. The van der Waals surface area contributed by atoms with Crippen LogP contribution in [0, 0.1) is 11.6 Å². The van der Waals surface area contributed by atoms with Gasteiger partial charge < -0.3 is 10.3 Å². The Morgan fingerprint density at radius 2 is 2.00 bits per heavy atom. The van der Waals surface area contributed by atoms with Crippen LogP contribution < -0.4 is 10.5 Å². The van der Waals surface area contributed by atoms with E-state index in [1.165, 1.54) is 0 Å². The first-order valence-electron chi connectivity index (χ1n) is 5.89. The zero-order valence-corrected chi connectivity index (χ0v) is 11.5. The van der Waals surface area contributed by atoms with Crippen LogP contribution in [-0.2, 0) is 32.8 Å². The molecular formula is C12H11F2N2O4S-. The summed E-state index contributed by atoms with van der Waals surface area (Å²) >= 11 is -2.61. The zero-order valence-electron chi connectivity index (χ0n) is 10.7. The van der Waals surface area contributed by atoms with Crippen LogP contribution in [0.25, 0.3) is 0 Å². The van der Waals surface area contributed by atoms with Crippen molar-refractivity contribution in [1.82, 2.24) is 4.72 Å². The van der Waals surface area contributed by atoms with Crippen molar-refractivity contribution in [2.24, 2.45) is 5.73 Å². The Morgan fingerprint density at radius 3 is 2.48 bits per heavy atom. The van der Waals surface area contributed by atoms with E-state index in [0.717, 1.165) is 12.1 Å². The van der Waals surface area contributed by atoms with Crippen molar-refractivity contribution in [3.05, 3.63) is 34.9 Å². The second-order valence-corrected chi connectivity index (χ2v) is 5.58. The molecule has 114 valence electrons. The summed E-state index contributed by atoms with van der Waals surface area (Å²) in [5.74, 6) is -2.95. The third kappa shape index (κ3) is 2.85. The zero-order chi connectivity index (χ0) is 15.8. The van der Waals surface area contributed by atoms with Gasteiger partial charge in [-0.15, -0.1) is 0 Å². The Kier molecular flexibility index (Phi) is 4.17. The van der Waals surface area contributed by atoms with Crippen molar-refractivity contribution >= 4 is 23.0 Å². The van der Waals surface area contributed by atoms with E-state index in [1.54, 1.807) is 0 Å². The van der Waals surface area contributed by atoms with Gasteiger partial charge >= 0.3 is 0 Å². The number of carbonyl (C=O) groups is 2. The molecule has 1 fully saturated rings. The molecule has 1 aliphatic rings. The topological polar surface area (TPSA) is 112 Å². The van der Waals surface area contributed by atoms with Crippen molar-refractivity contribution in [3.8, 4) is 0 Å². The van der Waals surface area contributed by atoms with Gasteiger partial charge in [-0.3, -0.25) is 13.8 Å². The summed E-state index contributed by atoms with van der Waals surface area (Å²) in [7, 11) is 0. The van der Waals surface area contributed by atoms with Gasteiger partial charge in [-0.2, -0.15) is 0 Å². The van der Waals surface area contributed by atoms with Crippen LogP contribution in [0.1, 0.15) is 24.0 Å². The molecule has 9 heteroatoms. The van der Waals surface area contributed by atoms with Gasteiger partial charge in [0.05, 0.1) is 5.41 Å². The fourth-order valence-electron chi connectivity index (χ4n) is 2.35. The molecule has 0 aliphatic heterocycles. The Hall–Kier alpha value is -1.71. The maximum Gasteiger partial charge on any atom is 0.229 e. The second-order valence-electron chi connectivity index (χ2n) is 4.82. The summed E-state index contributed by atoms with van der Waals surface area (Å²) in [6.07, 6.45) is -0.526. The SMILES string of the molecule is NC(=O)C1(c2cc(F)c(CNS(=O)[O-])cc2F)CC(=O)C1. The number of nitrogens with two attached hydrogens (primary N) is 1. The Balaban J connectivity index is 2.38. The standard InChI is InChI=1S/C12H12F2N2O4S/c13-9-2-8(12(11(15)18)3-7(17)4-12)10(14)1-6(9)5-16-21(19)20/h1-2,16H,3-5H2,(H2,15,18)(H,19,20)/p-1. The molecule has 21 heavy (non-hydrogen) atoms. The molecule has 3 N–H and O–H groups in total. The number of halogens is 2. The van der Waals surface area contributed by atoms with E-state index in [-0.39, 0.29) is 29.8 Å². The number of amides is 1. The highest BCUT2D eigenvalue weighted by molar-refractivity contribution is 7.77. The average Bonchev–Trinajstić information content (AvgIpc) is 2.35. The number of nitrogens with one attached hydrogen (secondary N) is 1. The van der Waals surface area contributed by atoms with Crippen LogP contribution in [0.2, 0.25) is 0 Å². The molecule has 0 radical (unpaired) electrons. The van der Waals surface area contributed by atoms with Crippen LogP contribution in [0.4, 0.5) is 8.78 Å². The maximum absolute atomic E-state index is 14.1. The van der Waals surface area contributed by atoms with Gasteiger partial charge in [0.15, 0.2) is 0 Å². The molecule has 1 amide bonds. The first kappa shape index (κ1) is 15.7. The molecule has 6 nitrogen and oxygen atoms in total. The normalized spacial score (nSPS) is 18.1. The maximum atomic E-state index is 14.1. The number of carbonyl (C=O) groups excluding carboxylic acids is 2. The molecule has 0 saturated heterocycles. The molecule has 1 aliphatic carbocycles. The minimum atomic E-state index is -2.61. The molecule has 1 atom stereocenters. The van der Waals surface area contributed by atoms with Crippen molar-refractivity contribution in [2.45, 2.75) is 24.8 Å². The van der Waals surface area contributed by atoms with Crippen LogP contribution in [-0.4, -0.2) is 20.5 Å². The quantitative estimate of drug-likeness (QED) is 0.740. The lowest BCUT2D eigenvalue weighted by molar-refractivity contribution is -0.139. The number of rotatable bonds is 5. The first-order chi connectivity index (χ1) is 9.76. The summed E-state index contributed by atoms with van der Waals surface area (Å²) in [5, 5.41) is 0. The smallest absolute Gasteiger partial charge is 0.229 e. The number of hydrogen-bond acceptors (Lipinski definition) is 4. The Bertz CT molecular complexity index is 642. The highest BCUT2D eigenvalue weighted by Gasteiger charge is 2.51. The van der Waals surface area contributed by atoms with E-state index in [2.05, 4.69) is 0 Å². The third-order valence-electron chi connectivity index (χ3n) is 3.50. The van der Waals surface area contributed by atoms with Gasteiger partial charge in [0, 0.05) is 41.8 Å². The molecule has 1 aromatic rings. The van der Waals surface area contributed by atoms with Crippen molar-refractivity contribution < 1.29 is 27.1 Å². The molecule has 1 saturated carbocycles. The van der Waals surface area contributed by atoms with Crippen molar-refractivity contribution in [1.29, 1.82) is 0 Å². The largest absolute Gasteiger partial charge is 0.760 e. The van der Waals surface area contributed by atoms with Crippen LogP contribution in [0.15, 0.2) is 12.1 Å². The van der Waals surface area contributed by atoms with E-state index in [4.69, 9.17) is 5.73 Å². The van der Waals surface area contributed by atoms with Gasteiger partial charge in [-0.1, -0.05) is 0 Å². The molecule has 2 rings (SSSR count). The number of benzene rings is 1. The monoisotopic (exact) mass is 317 g/mol. The molecule has 0 bridgehead atoms. The summed E-state index contributed by atoms with van der Waals surface area (Å²) in [5.41, 5.74) is 3.19. The summed E-state index contributed by atoms with van der Waals surface area (Å²) in [6, 6.07) is 1.58. The van der Waals surface area contributed by atoms with E-state index in [9.17, 15) is 27.1 Å². The van der Waals surface area contributed by atoms with Gasteiger partial charge in [-0.25, -0.2) is 13.5 Å². The lowest BCUT2D eigenvalue weighted by atomic mass is 9.63. The predicted molar refractivity (Wildman–Crippen MR) is 67.2 cm³/mol. The average molecular weight is 317 g/mol. The third-order valence-corrected chi connectivity index (χ3v) is 3.88. The first-order valence-corrected chi connectivity index (χ1v) is 6.96. The van der Waals surface area contributed by atoms with Crippen LogP contribution >= 0.6 is 0 Å². The predicted octanol–water partition coefficient (Wildman–Crippen LogP) is -0.0655. The van der Waals surface area contributed by atoms with E-state index < -0.39 is 40.8 Å². The van der Waals surface area contributed by atoms with E-state index >= 15 is 0 Å². The van der Waals surface area contributed by atoms with Crippen LogP contribution in [0.3, 0.4) is 0 Å². The fourth-order valence-corrected chi connectivity index (χ4v) is 2.62. The molecule has 0 heterocycles. The number of ketones is 1. The fraction of sp³-hybridized carbons (Fsp3) is 0.333. The van der Waals surface area contributed by atoms with E-state index in [1.807, 2.05) is 4.72 Å². The van der Waals surface area contributed by atoms with E-state index in [0.29, 0.717) is 0 Å². The molecular weight excluding hydrogens is 306 g/mol. The van der Waals surface area contributed by atoms with Gasteiger partial charge in [-0.05, 0) is 12.1 Å². The van der Waals surface area contributed by atoms with Gasteiger partial charge in [0.1, 0.15) is 17.4 Å². The number of primary amides is 1. The number of Topliss-reactive ketones (excluding diaryl/α,β-unsaturated/α-hetero) is 1. The minimum Gasteiger partial charge on any atom is -0.760 e. The summed E-state index contributed by atoms with van der Waals surface area (Å²) < 4.78 is 50.6. The lowest BCUT2D eigenvalue weighted by Gasteiger charge is -2.38. The molecule has 1 aromatic carbocycles. The Labute approximate surface area is 121 Å². The second kappa shape index (κ2) is 5.58. The number of hydrogen-bond donors (Lipinski definition) is 2. The Morgan fingerprint density at radius 1 is 1.38 bits per heavy atom. The minimum absolute atomic E-state index is 0.217. The molecule has 0 aromatic heterocycles. The van der Waals surface area contributed by atoms with Crippen molar-refractivity contribution in [3.63, 3.8) is 0 Å². The lowest BCUT2D eigenvalue weighted by Crippen LogP contribution is -2.52. The van der Waals surface area contributed by atoms with Gasteiger partial charge in [0.25, 0.3) is 0 Å². The van der Waals surface area contributed by atoms with Crippen LogP contribution in [0.5, 0.6) is 0 Å².